The highest BCUT2D eigenvalue weighted by Crippen LogP contribution is 2.37. The van der Waals surface area contributed by atoms with E-state index in [9.17, 15) is 14.7 Å². The molecule has 2 rings (SSSR count). The first-order chi connectivity index (χ1) is 9.56. The van der Waals surface area contributed by atoms with Crippen LogP contribution in [0.1, 0.15) is 22.5 Å². The van der Waals surface area contributed by atoms with Crippen molar-refractivity contribution in [2.24, 2.45) is 0 Å². The molecule has 0 saturated carbocycles. The molecule has 0 aliphatic heterocycles. The molecule has 1 N–H and O–H groups in total. The molecule has 0 spiro atoms. The topological polar surface area (TPSA) is 80.4 Å². The van der Waals surface area contributed by atoms with E-state index in [1.54, 1.807) is 18.2 Å². The number of carboxylic acids is 1. The summed E-state index contributed by atoms with van der Waals surface area (Å²) < 4.78 is 5.02. The van der Waals surface area contributed by atoms with Crippen LogP contribution in [0.3, 0.4) is 0 Å². The number of aldehydes is 1. The van der Waals surface area contributed by atoms with Crippen LogP contribution in [-0.4, -0.2) is 22.5 Å². The number of rotatable bonds is 5. The van der Waals surface area contributed by atoms with E-state index in [0.717, 1.165) is 0 Å². The van der Waals surface area contributed by atoms with Gasteiger partial charge in [0.1, 0.15) is 17.5 Å². The molecule has 0 unspecified atom stereocenters. The van der Waals surface area contributed by atoms with Gasteiger partial charge in [-0.05, 0) is 12.1 Å². The first kappa shape index (κ1) is 14.6. The van der Waals surface area contributed by atoms with Crippen LogP contribution >= 0.6 is 23.2 Å². The van der Waals surface area contributed by atoms with Gasteiger partial charge in [-0.15, -0.1) is 0 Å². The van der Waals surface area contributed by atoms with E-state index in [0.29, 0.717) is 11.8 Å². The van der Waals surface area contributed by atoms with Crippen molar-refractivity contribution in [1.29, 1.82) is 0 Å². The number of aryl methyl sites for hydroxylation is 1. The third-order valence-electron chi connectivity index (χ3n) is 2.67. The van der Waals surface area contributed by atoms with Gasteiger partial charge in [-0.25, -0.2) is 4.79 Å². The number of halogens is 2. The van der Waals surface area contributed by atoms with Gasteiger partial charge in [0.05, 0.1) is 10.0 Å². The minimum absolute atomic E-state index is 0.0639. The summed E-state index contributed by atoms with van der Waals surface area (Å²) in [7, 11) is 0. The van der Waals surface area contributed by atoms with Crippen LogP contribution in [0.2, 0.25) is 10.0 Å². The van der Waals surface area contributed by atoms with Crippen molar-refractivity contribution < 1.29 is 19.2 Å². The summed E-state index contributed by atoms with van der Waals surface area (Å²) in [5.41, 5.74) is 0.241. The average Bonchev–Trinajstić information content (AvgIpc) is 2.80. The highest BCUT2D eigenvalue weighted by atomic mass is 35.5. The number of nitrogens with zero attached hydrogens (tertiary/aromatic N) is 1. The Morgan fingerprint density at radius 1 is 1.35 bits per heavy atom. The maximum atomic E-state index is 11.4. The lowest BCUT2D eigenvalue weighted by molar-refractivity contribution is -0.107. The van der Waals surface area contributed by atoms with Gasteiger partial charge in [0.15, 0.2) is 5.76 Å². The molecular formula is C13H9Cl2NO4. The molecule has 0 amide bonds. The monoisotopic (exact) mass is 313 g/mol. The quantitative estimate of drug-likeness (QED) is 0.855. The minimum atomic E-state index is -1.21. The van der Waals surface area contributed by atoms with E-state index >= 15 is 0 Å². The Balaban J connectivity index is 2.60. The Morgan fingerprint density at radius 2 is 2.00 bits per heavy atom. The summed E-state index contributed by atoms with van der Waals surface area (Å²) in [6, 6.07) is 4.80. The number of benzene rings is 1. The van der Waals surface area contributed by atoms with Crippen LogP contribution in [0.4, 0.5) is 0 Å². The van der Waals surface area contributed by atoms with Crippen LogP contribution in [0.25, 0.3) is 11.3 Å². The normalized spacial score (nSPS) is 10.5. The number of carboxylic acid groups (broad SMARTS) is 1. The standard InChI is InChI=1S/C13H9Cl2NO4/c14-7-3-1-4-8(15)10(7)12-11(13(18)19)9(20-16-12)5-2-6-17/h1,3-4,6H,2,5H2,(H,18,19). The Kier molecular flexibility index (Phi) is 4.42. The fraction of sp³-hybridized carbons (Fsp3) is 0.154. The maximum absolute atomic E-state index is 11.4. The lowest BCUT2D eigenvalue weighted by Gasteiger charge is -2.04. The molecular weight excluding hydrogens is 305 g/mol. The lowest BCUT2D eigenvalue weighted by atomic mass is 10.0. The molecule has 104 valence electrons. The smallest absolute Gasteiger partial charge is 0.341 e. The zero-order valence-corrected chi connectivity index (χ0v) is 11.6. The fourth-order valence-electron chi connectivity index (χ4n) is 1.80. The highest BCUT2D eigenvalue weighted by molar-refractivity contribution is 6.39. The summed E-state index contributed by atoms with van der Waals surface area (Å²) in [6.45, 7) is 0. The molecule has 1 heterocycles. The molecule has 20 heavy (non-hydrogen) atoms. The van der Waals surface area contributed by atoms with Crippen LogP contribution in [0, 0.1) is 0 Å². The van der Waals surface area contributed by atoms with Crippen molar-refractivity contribution in [3.63, 3.8) is 0 Å². The molecule has 0 radical (unpaired) electrons. The van der Waals surface area contributed by atoms with Crippen LogP contribution in [0.5, 0.6) is 0 Å². The van der Waals surface area contributed by atoms with Crippen molar-refractivity contribution in [2.45, 2.75) is 12.8 Å². The average molecular weight is 314 g/mol. The molecule has 0 bridgehead atoms. The van der Waals surface area contributed by atoms with Crippen molar-refractivity contribution in [1.82, 2.24) is 5.16 Å². The molecule has 0 aliphatic carbocycles. The number of carbonyl (C=O) groups excluding carboxylic acids is 1. The third-order valence-corrected chi connectivity index (χ3v) is 3.30. The number of carbonyl (C=O) groups is 2. The molecule has 0 atom stereocenters. The Labute approximate surface area is 124 Å². The fourth-order valence-corrected chi connectivity index (χ4v) is 2.38. The van der Waals surface area contributed by atoms with E-state index in [1.807, 2.05) is 0 Å². The van der Waals surface area contributed by atoms with Gasteiger partial charge < -0.3 is 14.4 Å². The van der Waals surface area contributed by atoms with Gasteiger partial charge in [0.2, 0.25) is 0 Å². The van der Waals surface area contributed by atoms with Crippen molar-refractivity contribution in [3.05, 3.63) is 39.6 Å². The number of aromatic carboxylic acids is 1. The summed E-state index contributed by atoms with van der Waals surface area (Å²) in [6.07, 6.45) is 0.974. The first-order valence-corrected chi connectivity index (χ1v) is 6.41. The SMILES string of the molecule is O=CCCc1onc(-c2c(Cl)cccc2Cl)c1C(=O)O. The van der Waals surface area contributed by atoms with E-state index in [4.69, 9.17) is 27.7 Å². The van der Waals surface area contributed by atoms with Crippen LogP contribution < -0.4 is 0 Å². The predicted octanol–water partition coefficient (Wildman–Crippen LogP) is 3.48. The predicted molar refractivity (Wildman–Crippen MR) is 73.3 cm³/mol. The van der Waals surface area contributed by atoms with E-state index in [-0.39, 0.29) is 39.9 Å². The van der Waals surface area contributed by atoms with Crippen molar-refractivity contribution >= 4 is 35.5 Å². The Morgan fingerprint density at radius 3 is 2.55 bits per heavy atom. The lowest BCUT2D eigenvalue weighted by Crippen LogP contribution is -2.02. The molecule has 7 heteroatoms. The molecule has 0 fully saturated rings. The number of hydrogen-bond acceptors (Lipinski definition) is 4. The summed E-state index contributed by atoms with van der Waals surface area (Å²) in [5.74, 6) is -1.09. The van der Waals surface area contributed by atoms with Gasteiger partial charge in [-0.2, -0.15) is 0 Å². The summed E-state index contributed by atoms with van der Waals surface area (Å²) in [5, 5.41) is 13.6. The largest absolute Gasteiger partial charge is 0.477 e. The zero-order valence-electron chi connectivity index (χ0n) is 10.1. The number of aromatic nitrogens is 1. The highest BCUT2D eigenvalue weighted by Gasteiger charge is 2.25. The molecule has 1 aromatic carbocycles. The second-order valence-corrected chi connectivity index (χ2v) is 4.75. The van der Waals surface area contributed by atoms with Crippen LogP contribution in [0.15, 0.2) is 22.7 Å². The van der Waals surface area contributed by atoms with Gasteiger partial charge in [-0.3, -0.25) is 0 Å². The first-order valence-electron chi connectivity index (χ1n) is 5.66. The summed E-state index contributed by atoms with van der Waals surface area (Å²) >= 11 is 12.1. The zero-order chi connectivity index (χ0) is 14.7. The Bertz CT molecular complexity index is 646. The van der Waals surface area contributed by atoms with Gasteiger partial charge in [0.25, 0.3) is 0 Å². The second-order valence-electron chi connectivity index (χ2n) is 3.94. The van der Waals surface area contributed by atoms with E-state index in [2.05, 4.69) is 5.16 Å². The third kappa shape index (κ3) is 2.69. The molecule has 2 aromatic rings. The minimum Gasteiger partial charge on any atom is -0.477 e. The van der Waals surface area contributed by atoms with Crippen molar-refractivity contribution in [2.75, 3.05) is 0 Å². The second kappa shape index (κ2) is 6.07. The van der Waals surface area contributed by atoms with Gasteiger partial charge in [-0.1, -0.05) is 34.4 Å². The molecule has 0 saturated heterocycles. The molecule has 0 aliphatic rings. The summed E-state index contributed by atoms with van der Waals surface area (Å²) in [4.78, 5) is 21.8. The van der Waals surface area contributed by atoms with Gasteiger partial charge >= 0.3 is 5.97 Å². The maximum Gasteiger partial charge on any atom is 0.341 e. The number of hydrogen-bond donors (Lipinski definition) is 1. The van der Waals surface area contributed by atoms with Gasteiger partial charge in [0, 0.05) is 18.4 Å². The molecule has 5 nitrogen and oxygen atoms in total. The van der Waals surface area contributed by atoms with Crippen molar-refractivity contribution in [3.8, 4) is 11.3 Å². The molecule has 1 aromatic heterocycles. The van der Waals surface area contributed by atoms with E-state index < -0.39 is 5.97 Å². The van der Waals surface area contributed by atoms with E-state index in [1.165, 1.54) is 0 Å². The van der Waals surface area contributed by atoms with Crippen LogP contribution in [-0.2, 0) is 11.2 Å². The Hall–Kier alpha value is -1.85.